The third-order valence-electron chi connectivity index (χ3n) is 6.34. The summed E-state index contributed by atoms with van der Waals surface area (Å²) < 4.78 is 12.3. The molecule has 1 aromatic heterocycles. The smallest absolute Gasteiger partial charge is 0.222 e. The second-order valence-electron chi connectivity index (χ2n) is 8.12. The zero-order valence-electron chi connectivity index (χ0n) is 16.1. The van der Waals surface area contributed by atoms with Crippen LogP contribution < -0.4 is 5.32 Å². The zero-order chi connectivity index (χ0) is 18.0. The van der Waals surface area contributed by atoms with Gasteiger partial charge in [-0.1, -0.05) is 0 Å². The average Bonchev–Trinajstić information content (AvgIpc) is 3.44. The fraction of sp³-hybridized carbons (Fsp3) is 0.800. The molecule has 3 aliphatic rings. The molecule has 3 fully saturated rings. The summed E-state index contributed by atoms with van der Waals surface area (Å²) in [5.74, 6) is 1.53. The van der Waals surface area contributed by atoms with Crippen LogP contribution in [0.15, 0.2) is 12.4 Å². The van der Waals surface area contributed by atoms with E-state index < -0.39 is 0 Å². The first-order valence-corrected chi connectivity index (χ1v) is 10.2. The molecule has 144 valence electrons. The minimum atomic E-state index is 0.00397. The number of nitrogens with zero attached hydrogens (tertiary/aromatic N) is 3. The Bertz CT molecular complexity index is 592. The molecule has 1 aromatic rings. The van der Waals surface area contributed by atoms with Crippen LogP contribution in [-0.2, 0) is 16.0 Å². The monoisotopic (exact) mass is 360 g/mol. The van der Waals surface area contributed by atoms with Crippen LogP contribution in [0.1, 0.15) is 51.0 Å². The van der Waals surface area contributed by atoms with Gasteiger partial charge in [0.05, 0.1) is 11.7 Å². The Morgan fingerprint density at radius 2 is 2.04 bits per heavy atom. The first-order valence-electron chi connectivity index (χ1n) is 10.2. The lowest BCUT2D eigenvalue weighted by Gasteiger charge is -2.43. The number of hydrogen-bond donors (Lipinski definition) is 1. The van der Waals surface area contributed by atoms with E-state index in [1.54, 1.807) is 0 Å². The predicted octanol–water partition coefficient (Wildman–Crippen LogP) is 2.85. The number of likely N-dealkylation sites (tertiary alicyclic amines) is 1. The van der Waals surface area contributed by atoms with Crippen molar-refractivity contribution in [2.24, 2.45) is 5.92 Å². The predicted molar refractivity (Wildman–Crippen MR) is 101 cm³/mol. The van der Waals surface area contributed by atoms with Gasteiger partial charge in [-0.05, 0) is 51.4 Å². The molecular weight excluding hydrogens is 328 g/mol. The Labute approximate surface area is 156 Å². The molecule has 0 spiro atoms. The van der Waals surface area contributed by atoms with Crippen molar-refractivity contribution in [3.8, 4) is 0 Å². The molecule has 1 aliphatic heterocycles. The number of rotatable bonds is 8. The first-order chi connectivity index (χ1) is 12.7. The summed E-state index contributed by atoms with van der Waals surface area (Å²) in [6.45, 7) is 5.81. The van der Waals surface area contributed by atoms with Crippen LogP contribution in [0.2, 0.25) is 0 Å². The molecule has 2 aliphatic carbocycles. The number of hydrogen-bond acceptors (Lipinski definition) is 6. The number of methoxy groups -OCH3 is 1. The third kappa shape index (κ3) is 3.87. The largest absolute Gasteiger partial charge is 0.378 e. The number of fused-ring (bicyclic) bond motifs is 1. The minimum Gasteiger partial charge on any atom is -0.378 e. The molecule has 2 saturated carbocycles. The summed E-state index contributed by atoms with van der Waals surface area (Å²) in [6, 6.07) is 0.430. The van der Waals surface area contributed by atoms with E-state index in [4.69, 9.17) is 9.47 Å². The maximum Gasteiger partial charge on any atom is 0.222 e. The fourth-order valence-electron chi connectivity index (χ4n) is 4.57. The Kier molecular flexibility index (Phi) is 5.43. The van der Waals surface area contributed by atoms with E-state index in [0.717, 1.165) is 57.8 Å². The van der Waals surface area contributed by atoms with Crippen molar-refractivity contribution in [1.29, 1.82) is 0 Å². The van der Waals surface area contributed by atoms with Crippen LogP contribution in [0.4, 0.5) is 5.95 Å². The van der Waals surface area contributed by atoms with Crippen LogP contribution in [0.5, 0.6) is 0 Å². The number of aromatic nitrogens is 2. The Hall–Kier alpha value is -1.24. The summed E-state index contributed by atoms with van der Waals surface area (Å²) in [7, 11) is 1.89. The Balaban J connectivity index is 1.40. The van der Waals surface area contributed by atoms with Crippen molar-refractivity contribution < 1.29 is 9.47 Å². The highest BCUT2D eigenvalue weighted by molar-refractivity contribution is 5.24. The van der Waals surface area contributed by atoms with Crippen LogP contribution in [-0.4, -0.2) is 59.4 Å². The molecule has 0 aromatic carbocycles. The molecule has 3 atom stereocenters. The van der Waals surface area contributed by atoms with Gasteiger partial charge in [0.15, 0.2) is 0 Å². The minimum absolute atomic E-state index is 0.00397. The van der Waals surface area contributed by atoms with Crippen LogP contribution in [0.25, 0.3) is 0 Å². The quantitative estimate of drug-likeness (QED) is 0.769. The number of ether oxygens (including phenoxy) is 2. The highest BCUT2D eigenvalue weighted by Gasteiger charge is 2.51. The van der Waals surface area contributed by atoms with E-state index in [-0.39, 0.29) is 5.60 Å². The Morgan fingerprint density at radius 1 is 1.23 bits per heavy atom. The summed E-state index contributed by atoms with van der Waals surface area (Å²) in [5, 5.41) is 3.15. The lowest BCUT2D eigenvalue weighted by Crippen LogP contribution is -2.51. The summed E-state index contributed by atoms with van der Waals surface area (Å²) >= 11 is 0. The molecule has 4 rings (SSSR count). The van der Waals surface area contributed by atoms with E-state index in [1.165, 1.54) is 18.4 Å². The summed E-state index contributed by atoms with van der Waals surface area (Å²) in [6.07, 6.45) is 11.4. The van der Waals surface area contributed by atoms with Gasteiger partial charge >= 0.3 is 0 Å². The van der Waals surface area contributed by atoms with Gasteiger partial charge in [-0.2, -0.15) is 0 Å². The van der Waals surface area contributed by atoms with Crippen molar-refractivity contribution in [2.45, 2.75) is 69.7 Å². The molecular formula is C20H32N4O2. The van der Waals surface area contributed by atoms with E-state index >= 15 is 0 Å². The highest BCUT2D eigenvalue weighted by atomic mass is 16.5. The molecule has 0 amide bonds. The topological polar surface area (TPSA) is 59.5 Å². The molecule has 0 bridgehead atoms. The van der Waals surface area contributed by atoms with Crippen LogP contribution in [0, 0.1) is 5.92 Å². The van der Waals surface area contributed by atoms with Gasteiger partial charge < -0.3 is 14.8 Å². The third-order valence-corrected chi connectivity index (χ3v) is 6.34. The second-order valence-corrected chi connectivity index (χ2v) is 8.12. The fourth-order valence-corrected chi connectivity index (χ4v) is 4.57. The zero-order valence-corrected chi connectivity index (χ0v) is 16.1. The first kappa shape index (κ1) is 18.1. The van der Waals surface area contributed by atoms with Crippen molar-refractivity contribution in [3.63, 3.8) is 0 Å². The van der Waals surface area contributed by atoms with Gasteiger partial charge in [0.1, 0.15) is 0 Å². The summed E-state index contributed by atoms with van der Waals surface area (Å²) in [5.41, 5.74) is 1.17. The molecule has 2 heterocycles. The second kappa shape index (κ2) is 7.79. The molecule has 0 radical (unpaired) electrons. The van der Waals surface area contributed by atoms with Crippen LogP contribution >= 0.6 is 0 Å². The van der Waals surface area contributed by atoms with Gasteiger partial charge in [-0.3, -0.25) is 4.90 Å². The Morgan fingerprint density at radius 3 is 2.73 bits per heavy atom. The summed E-state index contributed by atoms with van der Waals surface area (Å²) in [4.78, 5) is 11.4. The molecule has 1 N–H and O–H groups in total. The van der Waals surface area contributed by atoms with E-state index in [9.17, 15) is 0 Å². The van der Waals surface area contributed by atoms with Gasteiger partial charge in [0, 0.05) is 57.3 Å². The molecule has 26 heavy (non-hydrogen) atoms. The lowest BCUT2D eigenvalue weighted by atomic mass is 9.79. The van der Waals surface area contributed by atoms with E-state index in [2.05, 4.69) is 27.1 Å². The number of anilines is 1. The SMILES string of the molecule is CCNc1ncc(CN2CC[C@]3(OC)CC[C@@H](OCC4CC4)C[C@H]23)cn1. The lowest BCUT2D eigenvalue weighted by molar-refractivity contribution is -0.103. The number of nitrogens with one attached hydrogen (secondary N) is 1. The standard InChI is InChI=1S/C20H32N4O2/c1-3-21-19-22-11-16(12-23-19)13-24-9-8-20(25-2)7-6-17(10-18(20)24)26-14-15-4-5-15/h11-12,15,17-18H,3-10,13-14H2,1-2H3,(H,21,22,23)/t17-,18+,20-/m1/s1. The average molecular weight is 361 g/mol. The van der Waals surface area contributed by atoms with Gasteiger partial charge in [0.25, 0.3) is 0 Å². The van der Waals surface area contributed by atoms with E-state index in [0.29, 0.717) is 18.1 Å². The van der Waals surface area contributed by atoms with Crippen molar-refractivity contribution >= 4 is 5.95 Å². The van der Waals surface area contributed by atoms with Crippen molar-refractivity contribution in [1.82, 2.24) is 14.9 Å². The normalized spacial score (nSPS) is 31.8. The van der Waals surface area contributed by atoms with Gasteiger partial charge in [0.2, 0.25) is 5.95 Å². The van der Waals surface area contributed by atoms with Gasteiger partial charge in [-0.15, -0.1) is 0 Å². The van der Waals surface area contributed by atoms with Crippen molar-refractivity contribution in [3.05, 3.63) is 18.0 Å². The van der Waals surface area contributed by atoms with E-state index in [1.807, 2.05) is 19.5 Å². The molecule has 1 saturated heterocycles. The molecule has 6 heteroatoms. The highest BCUT2D eigenvalue weighted by Crippen LogP contribution is 2.44. The van der Waals surface area contributed by atoms with Crippen molar-refractivity contribution in [2.75, 3.05) is 32.1 Å². The maximum atomic E-state index is 6.23. The maximum absolute atomic E-state index is 6.23. The van der Waals surface area contributed by atoms with Crippen LogP contribution in [0.3, 0.4) is 0 Å². The molecule has 0 unspecified atom stereocenters. The molecule has 6 nitrogen and oxygen atoms in total. The van der Waals surface area contributed by atoms with Gasteiger partial charge in [-0.25, -0.2) is 9.97 Å².